The van der Waals surface area contributed by atoms with Gasteiger partial charge in [-0.05, 0) is 51.5 Å². The molecule has 0 aromatic carbocycles. The topological polar surface area (TPSA) is 28.2 Å². The third kappa shape index (κ3) is 4.73. The van der Waals surface area contributed by atoms with E-state index in [1.54, 1.807) is 0 Å². The molecule has 17 heavy (non-hydrogen) atoms. The second-order valence-electron chi connectivity index (χ2n) is 4.47. The number of piperidine rings is 1. The molecule has 98 valence electrons. The number of anilines is 1. The summed E-state index contributed by atoms with van der Waals surface area (Å²) < 4.78 is 0. The fraction of sp³-hybridized carbons (Fsp3) is 0.643. The summed E-state index contributed by atoms with van der Waals surface area (Å²) >= 11 is 0. The van der Waals surface area contributed by atoms with Gasteiger partial charge in [-0.15, -0.1) is 0 Å². The first kappa shape index (κ1) is 14.0. The molecule has 0 unspecified atom stereocenters. The molecule has 1 fully saturated rings. The van der Waals surface area contributed by atoms with Crippen LogP contribution in [0.2, 0.25) is 0 Å². The number of aromatic nitrogens is 1. The first-order chi connectivity index (χ1) is 8.24. The normalized spacial score (nSPS) is 17.2. The van der Waals surface area contributed by atoms with Crippen molar-refractivity contribution >= 4 is 5.69 Å². The van der Waals surface area contributed by atoms with Crippen LogP contribution in [0.5, 0.6) is 0 Å². The molecule has 0 saturated carbocycles. The highest BCUT2D eigenvalue weighted by Gasteiger charge is 2.15. The molecule has 1 N–H and O–H groups in total. The third-order valence-corrected chi connectivity index (χ3v) is 2.96. The Hall–Kier alpha value is -1.09. The lowest BCUT2D eigenvalue weighted by Crippen LogP contribution is -2.36. The summed E-state index contributed by atoms with van der Waals surface area (Å²) in [7, 11) is 2.18. The Kier molecular flexibility index (Phi) is 5.98. The van der Waals surface area contributed by atoms with Crippen LogP contribution >= 0.6 is 0 Å². The minimum atomic E-state index is 0. The maximum absolute atomic E-state index is 4.19. The Morgan fingerprint density at radius 1 is 1.29 bits per heavy atom. The summed E-state index contributed by atoms with van der Waals surface area (Å²) in [6, 6.07) is 2.77. The van der Waals surface area contributed by atoms with Crippen LogP contribution in [0, 0.1) is 6.92 Å². The molecule has 3 nitrogen and oxygen atoms in total. The predicted molar refractivity (Wildman–Crippen MR) is 76.6 cm³/mol. The van der Waals surface area contributed by atoms with Gasteiger partial charge in [-0.25, -0.2) is 0 Å². The van der Waals surface area contributed by atoms with Gasteiger partial charge in [-0.3, -0.25) is 4.98 Å². The van der Waals surface area contributed by atoms with Crippen LogP contribution in [0.15, 0.2) is 18.5 Å². The fourth-order valence-electron chi connectivity index (χ4n) is 2.02. The summed E-state index contributed by atoms with van der Waals surface area (Å²) in [4.78, 5) is 6.57. The molecule has 0 atom stereocenters. The van der Waals surface area contributed by atoms with Gasteiger partial charge < -0.3 is 10.2 Å². The smallest absolute Gasteiger partial charge is 0.0531 e. The van der Waals surface area contributed by atoms with Gasteiger partial charge in [-0.1, -0.05) is 13.8 Å². The van der Waals surface area contributed by atoms with Crippen LogP contribution in [0.4, 0.5) is 5.69 Å². The number of hydrogen-bond donors (Lipinski definition) is 1. The van der Waals surface area contributed by atoms with Crippen molar-refractivity contribution in [1.29, 1.82) is 0 Å². The van der Waals surface area contributed by atoms with Crippen LogP contribution in [0.3, 0.4) is 0 Å². The number of aryl methyl sites for hydroxylation is 1. The molecule has 0 radical (unpaired) electrons. The minimum Gasteiger partial charge on any atom is -0.381 e. The van der Waals surface area contributed by atoms with Gasteiger partial charge in [0.2, 0.25) is 0 Å². The van der Waals surface area contributed by atoms with Gasteiger partial charge >= 0.3 is 0 Å². The van der Waals surface area contributed by atoms with Gasteiger partial charge in [0.25, 0.3) is 0 Å². The molecule has 1 aliphatic heterocycles. The molecule has 1 saturated heterocycles. The van der Waals surface area contributed by atoms with Crippen molar-refractivity contribution in [2.24, 2.45) is 0 Å². The third-order valence-electron chi connectivity index (χ3n) is 2.96. The molecule has 0 amide bonds. The average Bonchev–Trinajstić information content (AvgIpc) is 2.35. The Morgan fingerprint density at radius 2 is 1.94 bits per heavy atom. The molecule has 0 spiro atoms. The molecule has 2 rings (SSSR count). The highest BCUT2D eigenvalue weighted by Crippen LogP contribution is 2.15. The quantitative estimate of drug-likeness (QED) is 0.856. The molecule has 1 aromatic rings. The van der Waals surface area contributed by atoms with Crippen molar-refractivity contribution in [1.82, 2.24) is 9.88 Å². The van der Waals surface area contributed by atoms with Crippen molar-refractivity contribution in [2.45, 2.75) is 39.7 Å². The number of rotatable bonds is 2. The molecule has 1 aliphatic rings. The van der Waals surface area contributed by atoms with E-state index < -0.39 is 0 Å². The van der Waals surface area contributed by atoms with Gasteiger partial charge in [0, 0.05) is 19.9 Å². The second-order valence-corrected chi connectivity index (χ2v) is 4.47. The van der Waals surface area contributed by atoms with E-state index in [9.17, 15) is 0 Å². The van der Waals surface area contributed by atoms with Crippen molar-refractivity contribution < 1.29 is 1.43 Å². The Morgan fingerprint density at radius 3 is 2.53 bits per heavy atom. The van der Waals surface area contributed by atoms with Gasteiger partial charge in [0.1, 0.15) is 0 Å². The van der Waals surface area contributed by atoms with E-state index in [1.165, 1.54) is 31.5 Å². The average molecular weight is 237 g/mol. The number of likely N-dealkylation sites (tertiary alicyclic amines) is 1. The predicted octanol–water partition coefficient (Wildman–Crippen LogP) is 3.17. The van der Waals surface area contributed by atoms with Crippen LogP contribution in [-0.4, -0.2) is 36.1 Å². The zero-order valence-electron chi connectivity index (χ0n) is 11.5. The van der Waals surface area contributed by atoms with Gasteiger partial charge in [-0.2, -0.15) is 0 Å². The number of hydrogen-bond acceptors (Lipinski definition) is 3. The Bertz CT molecular complexity index is 323. The number of nitrogens with one attached hydrogen (secondary N) is 1. The highest BCUT2D eigenvalue weighted by atomic mass is 15.1. The molecule has 0 aliphatic carbocycles. The van der Waals surface area contributed by atoms with Crippen molar-refractivity contribution in [3.8, 4) is 0 Å². The number of nitrogens with zero attached hydrogens (tertiary/aromatic N) is 2. The van der Waals surface area contributed by atoms with Crippen molar-refractivity contribution in [2.75, 3.05) is 25.5 Å². The lowest BCUT2D eigenvalue weighted by molar-refractivity contribution is 0.264. The van der Waals surface area contributed by atoms with E-state index in [-0.39, 0.29) is 1.43 Å². The van der Waals surface area contributed by atoms with Crippen LogP contribution in [0.25, 0.3) is 0 Å². The van der Waals surface area contributed by atoms with Crippen LogP contribution < -0.4 is 5.32 Å². The standard InChI is InChI=1S/C12H19N3.C2H6.H2/c1-10-7-12(9-13-8-10)14-11-3-5-15(2)6-4-11;1-2;/h7-9,11,14H,3-6H2,1-2H3;1-2H3;1H. The Balaban J connectivity index is 0.000000917. The summed E-state index contributed by atoms with van der Waals surface area (Å²) in [6.07, 6.45) is 6.25. The summed E-state index contributed by atoms with van der Waals surface area (Å²) in [5.41, 5.74) is 2.37. The van der Waals surface area contributed by atoms with Crippen LogP contribution in [-0.2, 0) is 0 Å². The Labute approximate surface area is 107 Å². The van der Waals surface area contributed by atoms with E-state index >= 15 is 0 Å². The minimum absolute atomic E-state index is 0. The summed E-state index contributed by atoms with van der Waals surface area (Å²) in [5.74, 6) is 0. The molecular formula is C14H27N3. The van der Waals surface area contributed by atoms with E-state index in [1.807, 2.05) is 26.2 Å². The van der Waals surface area contributed by atoms with E-state index in [0.29, 0.717) is 6.04 Å². The lowest BCUT2D eigenvalue weighted by Gasteiger charge is -2.30. The van der Waals surface area contributed by atoms with E-state index in [4.69, 9.17) is 0 Å². The molecule has 1 aromatic heterocycles. The molecule has 2 heterocycles. The SMILES string of the molecule is CC.Cc1cncc(NC2CCN(C)CC2)c1.[HH]. The fourth-order valence-corrected chi connectivity index (χ4v) is 2.02. The maximum atomic E-state index is 4.19. The number of pyridine rings is 1. The lowest BCUT2D eigenvalue weighted by atomic mass is 10.1. The zero-order valence-corrected chi connectivity index (χ0v) is 11.5. The van der Waals surface area contributed by atoms with E-state index in [0.717, 1.165) is 5.69 Å². The van der Waals surface area contributed by atoms with E-state index in [2.05, 4.69) is 35.2 Å². The van der Waals surface area contributed by atoms with Crippen molar-refractivity contribution in [3.05, 3.63) is 24.0 Å². The van der Waals surface area contributed by atoms with Crippen molar-refractivity contribution in [3.63, 3.8) is 0 Å². The molecule has 0 bridgehead atoms. The van der Waals surface area contributed by atoms with Crippen LogP contribution in [0.1, 0.15) is 33.7 Å². The van der Waals surface area contributed by atoms with Gasteiger partial charge in [0.15, 0.2) is 0 Å². The first-order valence-electron chi connectivity index (χ1n) is 6.61. The largest absolute Gasteiger partial charge is 0.381 e. The second kappa shape index (κ2) is 7.28. The summed E-state index contributed by atoms with van der Waals surface area (Å²) in [6.45, 7) is 8.46. The molecule has 3 heteroatoms. The monoisotopic (exact) mass is 237 g/mol. The summed E-state index contributed by atoms with van der Waals surface area (Å²) in [5, 5.41) is 3.55. The first-order valence-corrected chi connectivity index (χ1v) is 6.61. The van der Waals surface area contributed by atoms with Gasteiger partial charge in [0.05, 0.1) is 5.69 Å². The molecular weight excluding hydrogens is 210 g/mol. The maximum Gasteiger partial charge on any atom is 0.0531 e. The highest BCUT2D eigenvalue weighted by molar-refractivity contribution is 5.43. The zero-order chi connectivity index (χ0) is 12.7.